The van der Waals surface area contributed by atoms with E-state index < -0.39 is 0 Å². The number of anilines is 1. The third-order valence-electron chi connectivity index (χ3n) is 3.85. The summed E-state index contributed by atoms with van der Waals surface area (Å²) >= 11 is 6.23. The van der Waals surface area contributed by atoms with Crippen molar-refractivity contribution < 1.29 is 23.7 Å². The van der Waals surface area contributed by atoms with Crippen LogP contribution in [-0.2, 0) is 0 Å². The summed E-state index contributed by atoms with van der Waals surface area (Å²) in [6.07, 6.45) is 1.55. The third kappa shape index (κ3) is 3.55. The lowest BCUT2D eigenvalue weighted by Gasteiger charge is -2.21. The number of nitrogen functional groups attached to an aromatic ring is 1. The zero-order valence-electron chi connectivity index (χ0n) is 14.4. The topological polar surface area (TPSA) is 80.0 Å². The molecule has 1 aliphatic rings. The minimum atomic E-state index is -0.352. The van der Waals surface area contributed by atoms with E-state index in [1.165, 1.54) is 20.3 Å². The quantitative estimate of drug-likeness (QED) is 0.489. The molecule has 7 heteroatoms. The van der Waals surface area contributed by atoms with Crippen LogP contribution < -0.4 is 24.7 Å². The number of rotatable bonds is 5. The Bertz CT molecular complexity index is 861. The molecule has 0 saturated heterocycles. The van der Waals surface area contributed by atoms with E-state index in [-0.39, 0.29) is 10.8 Å². The third-order valence-corrected chi connectivity index (χ3v) is 4.13. The van der Waals surface area contributed by atoms with Gasteiger partial charge in [-0.05, 0) is 42.0 Å². The number of carbonyl (C=O) groups is 1. The van der Waals surface area contributed by atoms with Crippen LogP contribution >= 0.6 is 11.6 Å². The number of methoxy groups -OCH3 is 2. The number of hydrogen-bond donors (Lipinski definition) is 1. The molecule has 0 unspecified atom stereocenters. The highest BCUT2D eigenvalue weighted by Crippen LogP contribution is 2.41. The highest BCUT2D eigenvalue weighted by atomic mass is 35.5. The van der Waals surface area contributed by atoms with Crippen molar-refractivity contribution in [2.24, 2.45) is 0 Å². The molecule has 3 rings (SSSR count). The molecular formula is C19H18ClNO5. The number of ether oxygens (including phenoxy) is 4. The molecule has 2 aromatic rings. The van der Waals surface area contributed by atoms with E-state index >= 15 is 0 Å². The first kappa shape index (κ1) is 17.9. The zero-order chi connectivity index (χ0) is 18.7. The molecule has 0 bridgehead atoms. The molecule has 0 spiro atoms. The molecule has 26 heavy (non-hydrogen) atoms. The van der Waals surface area contributed by atoms with Crippen molar-refractivity contribution in [3.63, 3.8) is 0 Å². The lowest BCUT2D eigenvalue weighted by atomic mass is 10.1. The van der Waals surface area contributed by atoms with Crippen LogP contribution in [0.25, 0.3) is 6.08 Å². The van der Waals surface area contributed by atoms with Gasteiger partial charge in [0.05, 0.1) is 24.9 Å². The standard InChI is InChI=1S/C19H18ClNO5/c1-23-15-4-3-12(10-14(15)21)18(22)13(20)7-11-8-16(24-2)19-17(9-11)25-5-6-26-19/h3-4,7-10H,5-6,21H2,1-2H3/b13-7+. The van der Waals surface area contributed by atoms with Gasteiger partial charge >= 0.3 is 0 Å². The van der Waals surface area contributed by atoms with Gasteiger partial charge in [-0.1, -0.05) is 11.6 Å². The first-order valence-corrected chi connectivity index (χ1v) is 8.24. The van der Waals surface area contributed by atoms with Crippen LogP contribution in [0, 0.1) is 0 Å². The van der Waals surface area contributed by atoms with Crippen LogP contribution in [0.3, 0.4) is 0 Å². The van der Waals surface area contributed by atoms with Crippen molar-refractivity contribution >= 4 is 29.1 Å². The summed E-state index contributed by atoms with van der Waals surface area (Å²) < 4.78 is 21.6. The van der Waals surface area contributed by atoms with Crippen molar-refractivity contribution in [2.45, 2.75) is 0 Å². The van der Waals surface area contributed by atoms with Crippen LogP contribution in [0.1, 0.15) is 15.9 Å². The van der Waals surface area contributed by atoms with Crippen molar-refractivity contribution in [3.05, 3.63) is 46.5 Å². The van der Waals surface area contributed by atoms with Gasteiger partial charge in [-0.3, -0.25) is 4.79 Å². The number of nitrogens with two attached hydrogens (primary N) is 1. The monoisotopic (exact) mass is 375 g/mol. The Morgan fingerprint density at radius 1 is 1.12 bits per heavy atom. The smallest absolute Gasteiger partial charge is 0.204 e. The molecule has 0 aromatic heterocycles. The minimum Gasteiger partial charge on any atom is -0.495 e. The second-order valence-electron chi connectivity index (χ2n) is 5.53. The highest BCUT2D eigenvalue weighted by molar-refractivity contribution is 6.47. The van der Waals surface area contributed by atoms with Gasteiger partial charge in [0.15, 0.2) is 11.5 Å². The van der Waals surface area contributed by atoms with Crippen LogP contribution in [0.5, 0.6) is 23.0 Å². The molecule has 6 nitrogen and oxygen atoms in total. The Kier molecular flexibility index (Phi) is 5.23. The molecular weight excluding hydrogens is 358 g/mol. The molecule has 0 radical (unpaired) electrons. The molecule has 0 aliphatic carbocycles. The number of hydrogen-bond acceptors (Lipinski definition) is 6. The van der Waals surface area contributed by atoms with E-state index in [2.05, 4.69) is 0 Å². The van der Waals surface area contributed by atoms with Gasteiger partial charge in [0.25, 0.3) is 0 Å². The predicted molar refractivity (Wildman–Crippen MR) is 99.6 cm³/mol. The molecule has 1 aliphatic heterocycles. The molecule has 1 heterocycles. The number of carbonyl (C=O) groups excluding carboxylic acids is 1. The fourth-order valence-corrected chi connectivity index (χ4v) is 2.84. The maximum absolute atomic E-state index is 12.6. The highest BCUT2D eigenvalue weighted by Gasteiger charge is 2.19. The van der Waals surface area contributed by atoms with Gasteiger partial charge in [0, 0.05) is 5.56 Å². The Morgan fingerprint density at radius 2 is 1.85 bits per heavy atom. The number of ketones is 1. The number of benzene rings is 2. The van der Waals surface area contributed by atoms with Gasteiger partial charge in [-0.25, -0.2) is 0 Å². The Labute approximate surface area is 156 Å². The lowest BCUT2D eigenvalue weighted by Crippen LogP contribution is -2.16. The molecule has 0 saturated carbocycles. The Morgan fingerprint density at radius 3 is 2.54 bits per heavy atom. The van der Waals surface area contributed by atoms with Crippen molar-refractivity contribution in [3.8, 4) is 23.0 Å². The lowest BCUT2D eigenvalue weighted by molar-refractivity contribution is 0.104. The van der Waals surface area contributed by atoms with Crippen molar-refractivity contribution in [1.82, 2.24) is 0 Å². The summed E-state index contributed by atoms with van der Waals surface area (Å²) in [5.41, 5.74) is 7.24. The number of halogens is 1. The van der Waals surface area contributed by atoms with Crippen molar-refractivity contribution in [2.75, 3.05) is 33.2 Å². The summed E-state index contributed by atoms with van der Waals surface area (Å²) in [7, 11) is 3.04. The largest absolute Gasteiger partial charge is 0.495 e. The first-order valence-electron chi connectivity index (χ1n) is 7.86. The molecule has 0 fully saturated rings. The summed E-state index contributed by atoms with van der Waals surface area (Å²) in [5, 5.41) is 0.0355. The van der Waals surface area contributed by atoms with Crippen LogP contribution in [0.15, 0.2) is 35.4 Å². The average Bonchev–Trinajstić information content (AvgIpc) is 2.66. The van der Waals surface area contributed by atoms with E-state index in [0.717, 1.165) is 0 Å². The van der Waals surface area contributed by atoms with Crippen molar-refractivity contribution in [1.29, 1.82) is 0 Å². The Balaban J connectivity index is 1.91. The van der Waals surface area contributed by atoms with Crippen LogP contribution in [0.2, 0.25) is 0 Å². The van der Waals surface area contributed by atoms with E-state index in [0.29, 0.717) is 53.0 Å². The maximum Gasteiger partial charge on any atom is 0.204 e. The fraction of sp³-hybridized carbons (Fsp3) is 0.211. The van der Waals surface area contributed by atoms with Gasteiger partial charge in [-0.15, -0.1) is 0 Å². The van der Waals surface area contributed by atoms with Gasteiger partial charge in [-0.2, -0.15) is 0 Å². The molecule has 136 valence electrons. The second-order valence-corrected chi connectivity index (χ2v) is 5.93. The summed E-state index contributed by atoms with van der Waals surface area (Å²) in [5.74, 6) is 1.75. The normalized spacial score (nSPS) is 13.3. The molecule has 0 atom stereocenters. The van der Waals surface area contributed by atoms with Gasteiger partial charge in [0.2, 0.25) is 11.5 Å². The van der Waals surface area contributed by atoms with E-state index in [4.69, 9.17) is 36.3 Å². The molecule has 2 N–H and O–H groups in total. The van der Waals surface area contributed by atoms with Crippen LogP contribution in [0.4, 0.5) is 5.69 Å². The summed E-state index contributed by atoms with van der Waals surface area (Å²) in [6.45, 7) is 0.901. The maximum atomic E-state index is 12.6. The minimum absolute atomic E-state index is 0.0355. The van der Waals surface area contributed by atoms with E-state index in [1.54, 1.807) is 30.3 Å². The SMILES string of the molecule is COc1ccc(C(=O)/C(Cl)=C\c2cc(OC)c3c(c2)OCCO3)cc1N. The first-order chi connectivity index (χ1) is 12.5. The summed E-state index contributed by atoms with van der Waals surface area (Å²) in [6, 6.07) is 8.24. The zero-order valence-corrected chi connectivity index (χ0v) is 15.1. The van der Waals surface area contributed by atoms with Gasteiger partial charge in [0.1, 0.15) is 19.0 Å². The van der Waals surface area contributed by atoms with E-state index in [1.807, 2.05) is 0 Å². The second kappa shape index (κ2) is 7.58. The summed E-state index contributed by atoms with van der Waals surface area (Å²) in [4.78, 5) is 12.6. The average molecular weight is 376 g/mol. The molecule has 0 amide bonds. The van der Waals surface area contributed by atoms with E-state index in [9.17, 15) is 4.79 Å². The molecule has 2 aromatic carbocycles. The number of fused-ring (bicyclic) bond motifs is 1. The Hall–Kier alpha value is -2.86. The predicted octanol–water partition coefficient (Wildman–Crippen LogP) is 3.52. The number of allylic oxidation sites excluding steroid dienone is 1. The number of Topliss-reactive ketones (excluding diaryl/α,β-unsaturated/α-hetero) is 1. The van der Waals surface area contributed by atoms with Gasteiger partial charge < -0.3 is 24.7 Å². The van der Waals surface area contributed by atoms with Crippen LogP contribution in [-0.4, -0.2) is 33.2 Å². The fourth-order valence-electron chi connectivity index (χ4n) is 2.60.